The Morgan fingerprint density at radius 3 is 2.93 bits per heavy atom. The van der Waals surface area contributed by atoms with Gasteiger partial charge in [-0.2, -0.15) is 0 Å². The van der Waals surface area contributed by atoms with Gasteiger partial charge < -0.3 is 10.5 Å². The molecule has 1 aliphatic carbocycles. The Morgan fingerprint density at radius 1 is 1.50 bits per heavy atom. The first-order valence-electron chi connectivity index (χ1n) is 5.04. The molecule has 4 heteroatoms. The zero-order valence-electron chi connectivity index (χ0n) is 8.24. The van der Waals surface area contributed by atoms with Crippen LogP contribution in [0, 0.1) is 0 Å². The van der Waals surface area contributed by atoms with Gasteiger partial charge in [0.15, 0.2) is 0 Å². The van der Waals surface area contributed by atoms with E-state index in [9.17, 15) is 0 Å². The molecule has 0 atom stereocenters. The number of nitrogens with zero attached hydrogens (tertiary/aromatic N) is 1. The standard InChI is InChI=1S/C10H16N2OS/c11-10(3-1-2-4-10)8-13-7-9-12-5-6-14-9/h5-6H,1-4,7-8,11H2. The molecule has 2 rings (SSSR count). The molecule has 0 unspecified atom stereocenters. The molecule has 1 heterocycles. The van der Waals surface area contributed by atoms with Gasteiger partial charge in [0, 0.05) is 17.1 Å². The fraction of sp³-hybridized carbons (Fsp3) is 0.700. The maximum absolute atomic E-state index is 6.16. The van der Waals surface area contributed by atoms with Crippen molar-refractivity contribution in [3.8, 4) is 0 Å². The van der Waals surface area contributed by atoms with Gasteiger partial charge in [-0.3, -0.25) is 0 Å². The minimum Gasteiger partial charge on any atom is -0.372 e. The summed E-state index contributed by atoms with van der Waals surface area (Å²) in [6.45, 7) is 1.28. The van der Waals surface area contributed by atoms with Crippen LogP contribution in [-0.4, -0.2) is 17.1 Å². The highest BCUT2D eigenvalue weighted by Crippen LogP contribution is 2.27. The van der Waals surface area contributed by atoms with Crippen LogP contribution in [0.25, 0.3) is 0 Å². The minimum atomic E-state index is -0.0583. The van der Waals surface area contributed by atoms with Crippen LogP contribution >= 0.6 is 11.3 Å². The lowest BCUT2D eigenvalue weighted by molar-refractivity contribution is 0.0750. The molecule has 78 valence electrons. The van der Waals surface area contributed by atoms with Crippen LogP contribution in [0.3, 0.4) is 0 Å². The maximum atomic E-state index is 6.16. The van der Waals surface area contributed by atoms with Crippen LogP contribution in [0.4, 0.5) is 0 Å². The van der Waals surface area contributed by atoms with Crippen LogP contribution in [0.15, 0.2) is 11.6 Å². The van der Waals surface area contributed by atoms with Gasteiger partial charge in [0.1, 0.15) is 5.01 Å². The van der Waals surface area contributed by atoms with Crippen molar-refractivity contribution in [3.05, 3.63) is 16.6 Å². The smallest absolute Gasteiger partial charge is 0.118 e. The number of aromatic nitrogens is 1. The topological polar surface area (TPSA) is 48.1 Å². The third kappa shape index (κ3) is 2.53. The molecule has 1 aromatic heterocycles. The van der Waals surface area contributed by atoms with Gasteiger partial charge in [-0.15, -0.1) is 11.3 Å². The Labute approximate surface area is 88.3 Å². The van der Waals surface area contributed by atoms with Gasteiger partial charge >= 0.3 is 0 Å². The largest absolute Gasteiger partial charge is 0.372 e. The second-order valence-electron chi connectivity index (χ2n) is 3.99. The van der Waals surface area contributed by atoms with Crippen molar-refractivity contribution in [1.82, 2.24) is 4.98 Å². The zero-order valence-corrected chi connectivity index (χ0v) is 9.05. The van der Waals surface area contributed by atoms with Crippen LogP contribution in [0.5, 0.6) is 0 Å². The van der Waals surface area contributed by atoms with E-state index in [2.05, 4.69) is 4.98 Å². The quantitative estimate of drug-likeness (QED) is 0.829. The average molecular weight is 212 g/mol. The fourth-order valence-corrected chi connectivity index (χ4v) is 2.44. The second kappa shape index (κ2) is 4.38. The van der Waals surface area contributed by atoms with Crippen LogP contribution in [-0.2, 0) is 11.3 Å². The maximum Gasteiger partial charge on any atom is 0.118 e. The predicted molar refractivity (Wildman–Crippen MR) is 57.2 cm³/mol. The minimum absolute atomic E-state index is 0.0583. The zero-order chi connectivity index (χ0) is 9.86. The molecule has 1 aromatic rings. The molecule has 0 spiro atoms. The van der Waals surface area contributed by atoms with E-state index in [1.807, 2.05) is 5.38 Å². The van der Waals surface area contributed by atoms with Crippen molar-refractivity contribution < 1.29 is 4.74 Å². The molecular formula is C10H16N2OS. The van der Waals surface area contributed by atoms with E-state index in [-0.39, 0.29) is 5.54 Å². The lowest BCUT2D eigenvalue weighted by Crippen LogP contribution is -2.41. The van der Waals surface area contributed by atoms with E-state index >= 15 is 0 Å². The Kier molecular flexibility index (Phi) is 3.15. The summed E-state index contributed by atoms with van der Waals surface area (Å²) in [6.07, 6.45) is 6.50. The SMILES string of the molecule is NC1(COCc2nccs2)CCCC1. The Balaban J connectivity index is 1.72. The summed E-state index contributed by atoms with van der Waals surface area (Å²) in [5, 5.41) is 3.00. The molecular weight excluding hydrogens is 196 g/mol. The van der Waals surface area contributed by atoms with E-state index in [0.717, 1.165) is 17.8 Å². The summed E-state index contributed by atoms with van der Waals surface area (Å²) in [4.78, 5) is 4.16. The predicted octanol–water partition coefficient (Wildman–Crippen LogP) is 1.93. The molecule has 0 bridgehead atoms. The molecule has 14 heavy (non-hydrogen) atoms. The first-order chi connectivity index (χ1) is 6.79. The van der Waals surface area contributed by atoms with Crippen molar-refractivity contribution in [2.45, 2.75) is 37.8 Å². The van der Waals surface area contributed by atoms with Gasteiger partial charge in [-0.1, -0.05) is 12.8 Å². The van der Waals surface area contributed by atoms with Crippen LogP contribution in [0.1, 0.15) is 30.7 Å². The highest BCUT2D eigenvalue weighted by molar-refractivity contribution is 7.09. The van der Waals surface area contributed by atoms with Crippen LogP contribution < -0.4 is 5.73 Å². The van der Waals surface area contributed by atoms with Crippen molar-refractivity contribution in [2.24, 2.45) is 5.73 Å². The van der Waals surface area contributed by atoms with E-state index < -0.39 is 0 Å². The monoisotopic (exact) mass is 212 g/mol. The normalized spacial score (nSPS) is 20.1. The van der Waals surface area contributed by atoms with Gasteiger partial charge in [-0.25, -0.2) is 4.98 Å². The number of rotatable bonds is 4. The van der Waals surface area contributed by atoms with Crippen molar-refractivity contribution >= 4 is 11.3 Å². The summed E-state index contributed by atoms with van der Waals surface area (Å²) in [5.74, 6) is 0. The summed E-state index contributed by atoms with van der Waals surface area (Å²) in [6, 6.07) is 0. The average Bonchev–Trinajstić information content (AvgIpc) is 2.77. The van der Waals surface area contributed by atoms with Crippen molar-refractivity contribution in [1.29, 1.82) is 0 Å². The summed E-state index contributed by atoms with van der Waals surface area (Å²) in [7, 11) is 0. The third-order valence-electron chi connectivity index (χ3n) is 2.70. The van der Waals surface area contributed by atoms with Gasteiger partial charge in [0.25, 0.3) is 0 Å². The van der Waals surface area contributed by atoms with E-state index in [0.29, 0.717) is 13.2 Å². The molecule has 0 saturated heterocycles. The molecule has 2 N–H and O–H groups in total. The number of ether oxygens (including phenoxy) is 1. The van der Waals surface area contributed by atoms with E-state index in [1.54, 1.807) is 17.5 Å². The van der Waals surface area contributed by atoms with Gasteiger partial charge in [0.2, 0.25) is 0 Å². The molecule has 1 saturated carbocycles. The number of hydrogen-bond acceptors (Lipinski definition) is 4. The van der Waals surface area contributed by atoms with Crippen molar-refractivity contribution in [3.63, 3.8) is 0 Å². The molecule has 0 amide bonds. The van der Waals surface area contributed by atoms with Gasteiger partial charge in [-0.05, 0) is 12.8 Å². The summed E-state index contributed by atoms with van der Waals surface area (Å²) in [5.41, 5.74) is 6.10. The first-order valence-corrected chi connectivity index (χ1v) is 5.91. The Morgan fingerprint density at radius 2 is 2.29 bits per heavy atom. The van der Waals surface area contributed by atoms with E-state index in [4.69, 9.17) is 10.5 Å². The lowest BCUT2D eigenvalue weighted by Gasteiger charge is -2.22. The lowest BCUT2D eigenvalue weighted by atomic mass is 10.0. The molecule has 1 fully saturated rings. The van der Waals surface area contributed by atoms with Crippen LogP contribution in [0.2, 0.25) is 0 Å². The molecule has 1 aliphatic rings. The Bertz CT molecular complexity index is 268. The van der Waals surface area contributed by atoms with E-state index in [1.165, 1.54) is 12.8 Å². The molecule has 3 nitrogen and oxygen atoms in total. The molecule has 0 aliphatic heterocycles. The fourth-order valence-electron chi connectivity index (χ4n) is 1.89. The summed E-state index contributed by atoms with van der Waals surface area (Å²) >= 11 is 1.63. The number of hydrogen-bond donors (Lipinski definition) is 1. The molecule has 0 aromatic carbocycles. The third-order valence-corrected chi connectivity index (χ3v) is 3.45. The molecule has 0 radical (unpaired) electrons. The Hall–Kier alpha value is -0.450. The first kappa shape index (κ1) is 10.1. The van der Waals surface area contributed by atoms with Crippen molar-refractivity contribution in [2.75, 3.05) is 6.61 Å². The number of nitrogens with two attached hydrogens (primary N) is 1. The highest BCUT2D eigenvalue weighted by atomic mass is 32.1. The highest BCUT2D eigenvalue weighted by Gasteiger charge is 2.29. The number of thiazole rings is 1. The van der Waals surface area contributed by atoms with Gasteiger partial charge in [0.05, 0.1) is 13.2 Å². The summed E-state index contributed by atoms with van der Waals surface area (Å²) < 4.78 is 5.59. The second-order valence-corrected chi connectivity index (χ2v) is 4.97.